The van der Waals surface area contributed by atoms with E-state index in [-0.39, 0.29) is 30.2 Å². The van der Waals surface area contributed by atoms with Crippen molar-refractivity contribution in [2.45, 2.75) is 13.8 Å². The second-order valence-electron chi connectivity index (χ2n) is 3.41. The van der Waals surface area contributed by atoms with Crippen molar-refractivity contribution in [3.8, 4) is 6.07 Å². The molecule has 1 heterocycles. The van der Waals surface area contributed by atoms with E-state index in [1.165, 1.54) is 6.20 Å². The van der Waals surface area contributed by atoms with Crippen LogP contribution in [0, 0.1) is 11.3 Å². The minimum atomic E-state index is -0.750. The van der Waals surface area contributed by atoms with Gasteiger partial charge in [0, 0.05) is 6.20 Å². The van der Waals surface area contributed by atoms with Gasteiger partial charge in [0.25, 0.3) is 0 Å². The first-order valence-electron chi connectivity index (χ1n) is 5.88. The van der Waals surface area contributed by atoms with Crippen LogP contribution in [0.1, 0.15) is 24.2 Å². The van der Waals surface area contributed by atoms with Crippen LogP contribution in [0.5, 0.6) is 0 Å². The summed E-state index contributed by atoms with van der Waals surface area (Å²) in [6.45, 7) is 3.70. The van der Waals surface area contributed by atoms with Gasteiger partial charge in [-0.3, -0.25) is 5.10 Å². The van der Waals surface area contributed by atoms with E-state index >= 15 is 0 Å². The molecule has 0 aliphatic heterocycles. The van der Waals surface area contributed by atoms with Crippen LogP contribution >= 0.6 is 0 Å². The van der Waals surface area contributed by atoms with Gasteiger partial charge in [0.05, 0.1) is 19.4 Å². The van der Waals surface area contributed by atoms with E-state index in [1.807, 2.05) is 0 Å². The van der Waals surface area contributed by atoms with Crippen molar-refractivity contribution < 1.29 is 19.1 Å². The molecule has 0 aromatic carbocycles. The Labute approximate surface area is 115 Å². The van der Waals surface area contributed by atoms with E-state index in [1.54, 1.807) is 19.9 Å². The summed E-state index contributed by atoms with van der Waals surface area (Å²) in [6.07, 6.45) is 2.42. The molecule has 0 saturated heterocycles. The topological polar surface area (TPSA) is 117 Å². The molecule has 0 unspecified atom stereocenters. The van der Waals surface area contributed by atoms with E-state index in [0.29, 0.717) is 0 Å². The van der Waals surface area contributed by atoms with E-state index in [0.717, 1.165) is 6.20 Å². The van der Waals surface area contributed by atoms with Crippen LogP contribution in [0.3, 0.4) is 0 Å². The maximum atomic E-state index is 11.6. The van der Waals surface area contributed by atoms with Crippen molar-refractivity contribution in [2.24, 2.45) is 0 Å². The Bertz CT molecular complexity index is 556. The Morgan fingerprint density at radius 3 is 2.75 bits per heavy atom. The van der Waals surface area contributed by atoms with Gasteiger partial charge >= 0.3 is 11.9 Å². The number of H-pyrrole nitrogens is 1. The van der Waals surface area contributed by atoms with Gasteiger partial charge in [-0.1, -0.05) is 0 Å². The van der Waals surface area contributed by atoms with Crippen molar-refractivity contribution in [2.75, 3.05) is 18.5 Å². The van der Waals surface area contributed by atoms with Gasteiger partial charge in [-0.2, -0.15) is 10.4 Å². The molecule has 106 valence electrons. The molecule has 20 heavy (non-hydrogen) atoms. The van der Waals surface area contributed by atoms with Gasteiger partial charge in [0.2, 0.25) is 0 Å². The number of nitrogens with one attached hydrogen (secondary N) is 2. The molecule has 0 aliphatic rings. The monoisotopic (exact) mass is 278 g/mol. The fourth-order valence-electron chi connectivity index (χ4n) is 1.25. The third kappa shape index (κ3) is 3.84. The molecular formula is C12H14N4O4. The minimum Gasteiger partial charge on any atom is -0.462 e. The number of nitrogens with zero attached hydrogens (tertiary/aromatic N) is 2. The van der Waals surface area contributed by atoms with E-state index < -0.39 is 11.9 Å². The highest BCUT2D eigenvalue weighted by molar-refractivity contribution is 5.95. The first-order chi connectivity index (χ1) is 9.63. The summed E-state index contributed by atoms with van der Waals surface area (Å²) in [4.78, 5) is 23.0. The number of aromatic nitrogens is 2. The molecule has 1 rings (SSSR count). The lowest BCUT2D eigenvalue weighted by Gasteiger charge is -2.03. The molecule has 1 aromatic heterocycles. The lowest BCUT2D eigenvalue weighted by molar-refractivity contribution is -0.138. The number of carbonyl (C=O) groups is 2. The average molecular weight is 278 g/mol. The van der Waals surface area contributed by atoms with Gasteiger partial charge in [0.15, 0.2) is 5.57 Å². The van der Waals surface area contributed by atoms with Crippen molar-refractivity contribution >= 4 is 17.8 Å². The molecule has 0 bridgehead atoms. The van der Waals surface area contributed by atoms with Crippen LogP contribution in [0.4, 0.5) is 5.82 Å². The molecule has 8 nitrogen and oxygen atoms in total. The summed E-state index contributed by atoms with van der Waals surface area (Å²) in [5.74, 6) is -1.09. The Hall–Kier alpha value is -2.82. The summed E-state index contributed by atoms with van der Waals surface area (Å²) in [5.41, 5.74) is -0.0551. The minimum absolute atomic E-state index is 0.163. The van der Waals surface area contributed by atoms with Crippen LogP contribution in [0.25, 0.3) is 0 Å². The first-order valence-corrected chi connectivity index (χ1v) is 5.88. The highest BCUT2D eigenvalue weighted by Gasteiger charge is 2.15. The largest absolute Gasteiger partial charge is 0.462 e. The molecule has 8 heteroatoms. The summed E-state index contributed by atoms with van der Waals surface area (Å²) >= 11 is 0. The molecule has 0 atom stereocenters. The molecule has 2 N–H and O–H groups in total. The van der Waals surface area contributed by atoms with Gasteiger partial charge in [-0.05, 0) is 13.8 Å². The van der Waals surface area contributed by atoms with E-state index in [4.69, 9.17) is 14.7 Å². The molecule has 0 radical (unpaired) electrons. The Kier molecular flexibility index (Phi) is 5.77. The standard InChI is InChI=1S/C12H14N4O4/c1-3-19-11(17)8(5-13)6-14-10-9(7-15-16-10)12(18)20-4-2/h6-7H,3-4H2,1-2H3,(H2,14,15,16). The fraction of sp³-hybridized carbons (Fsp3) is 0.333. The molecule has 0 amide bonds. The van der Waals surface area contributed by atoms with Gasteiger partial charge < -0.3 is 14.8 Å². The van der Waals surface area contributed by atoms with Crippen LogP contribution in [-0.2, 0) is 14.3 Å². The first kappa shape index (κ1) is 15.2. The number of carbonyl (C=O) groups excluding carboxylic acids is 2. The Morgan fingerprint density at radius 2 is 2.15 bits per heavy atom. The molecule has 0 fully saturated rings. The smallest absolute Gasteiger partial charge is 0.350 e. The predicted octanol–water partition coefficient (Wildman–Crippen LogP) is 0.969. The van der Waals surface area contributed by atoms with Crippen LogP contribution in [0.2, 0.25) is 0 Å². The highest BCUT2D eigenvalue weighted by Crippen LogP contribution is 2.13. The van der Waals surface area contributed by atoms with Crippen molar-refractivity contribution in [1.82, 2.24) is 10.2 Å². The number of anilines is 1. The average Bonchev–Trinajstić information content (AvgIpc) is 2.88. The number of aromatic amines is 1. The van der Waals surface area contributed by atoms with Crippen LogP contribution < -0.4 is 5.32 Å². The zero-order chi connectivity index (χ0) is 15.0. The fourth-order valence-corrected chi connectivity index (χ4v) is 1.25. The third-order valence-electron chi connectivity index (χ3n) is 2.11. The second-order valence-corrected chi connectivity index (χ2v) is 3.41. The summed E-state index contributed by atoms with van der Waals surface area (Å²) in [7, 11) is 0. The zero-order valence-electron chi connectivity index (χ0n) is 11.1. The second kappa shape index (κ2) is 7.58. The Balaban J connectivity index is 2.84. The number of ether oxygens (including phenoxy) is 2. The van der Waals surface area contributed by atoms with Gasteiger partial charge in [-0.25, -0.2) is 9.59 Å². The summed E-state index contributed by atoms with van der Waals surface area (Å²) in [6, 6.07) is 1.70. The normalized spacial score (nSPS) is 10.6. The SMILES string of the molecule is CCOC(=O)C(C#N)=CNc1[nH]ncc1C(=O)OCC. The number of hydrogen-bond acceptors (Lipinski definition) is 7. The third-order valence-corrected chi connectivity index (χ3v) is 2.11. The zero-order valence-corrected chi connectivity index (χ0v) is 11.1. The molecule has 0 aliphatic carbocycles. The maximum absolute atomic E-state index is 11.6. The molecular weight excluding hydrogens is 264 g/mol. The summed E-state index contributed by atoms with van der Waals surface area (Å²) < 4.78 is 9.52. The van der Waals surface area contributed by atoms with Crippen LogP contribution in [-0.4, -0.2) is 35.3 Å². The van der Waals surface area contributed by atoms with Crippen molar-refractivity contribution in [3.63, 3.8) is 0 Å². The van der Waals surface area contributed by atoms with E-state index in [9.17, 15) is 9.59 Å². The molecule has 1 aromatic rings. The van der Waals surface area contributed by atoms with Gasteiger partial charge in [-0.15, -0.1) is 0 Å². The van der Waals surface area contributed by atoms with E-state index in [2.05, 4.69) is 15.5 Å². The summed E-state index contributed by atoms with van der Waals surface area (Å²) in [5, 5.41) is 17.7. The van der Waals surface area contributed by atoms with Crippen molar-refractivity contribution in [1.29, 1.82) is 5.26 Å². The lowest BCUT2D eigenvalue weighted by atomic mass is 10.3. The van der Waals surface area contributed by atoms with Gasteiger partial charge in [0.1, 0.15) is 17.5 Å². The number of nitriles is 1. The number of rotatable bonds is 6. The van der Waals surface area contributed by atoms with Crippen molar-refractivity contribution in [3.05, 3.63) is 23.5 Å². The lowest BCUT2D eigenvalue weighted by Crippen LogP contribution is -2.09. The predicted molar refractivity (Wildman–Crippen MR) is 68.5 cm³/mol. The molecule has 0 saturated carbocycles. The number of hydrogen-bond donors (Lipinski definition) is 2. The number of esters is 2. The quantitative estimate of drug-likeness (QED) is 0.452. The molecule has 0 spiro atoms. The Morgan fingerprint density at radius 1 is 1.45 bits per heavy atom. The highest BCUT2D eigenvalue weighted by atomic mass is 16.5. The van der Waals surface area contributed by atoms with Crippen LogP contribution in [0.15, 0.2) is 18.0 Å². The maximum Gasteiger partial charge on any atom is 0.350 e.